The van der Waals surface area contributed by atoms with Crippen LogP contribution >= 0.6 is 0 Å². The summed E-state index contributed by atoms with van der Waals surface area (Å²) in [7, 11) is 0. The van der Waals surface area contributed by atoms with Crippen LogP contribution in [0.1, 0.15) is 17.1 Å². The van der Waals surface area contributed by atoms with E-state index < -0.39 is 5.97 Å². The minimum absolute atomic E-state index is 0.0521. The minimum atomic E-state index is -0.872. The number of aliphatic carboxylic acids is 1. The van der Waals surface area contributed by atoms with Gasteiger partial charge < -0.3 is 5.11 Å². The van der Waals surface area contributed by atoms with Gasteiger partial charge in [0.05, 0.1) is 23.5 Å². The number of rotatable bonds is 2. The number of aryl methyl sites for hydroxylation is 2. The molecule has 0 radical (unpaired) electrons. The molecule has 0 amide bonds. The molecule has 2 aromatic rings. The van der Waals surface area contributed by atoms with E-state index in [2.05, 4.69) is 10.1 Å². The maximum Gasteiger partial charge on any atom is 0.309 e. The number of fused-ring (bicyclic) bond motifs is 1. The van der Waals surface area contributed by atoms with Crippen LogP contribution in [0.2, 0.25) is 0 Å². The quantitative estimate of drug-likeness (QED) is 0.793. The van der Waals surface area contributed by atoms with Crippen molar-refractivity contribution in [2.75, 3.05) is 0 Å². The van der Waals surface area contributed by atoms with Gasteiger partial charge in [-0.25, -0.2) is 9.50 Å². The lowest BCUT2D eigenvalue weighted by Crippen LogP contribution is -2.07. The molecule has 0 aliphatic heterocycles. The average Bonchev–Trinajstić information content (AvgIpc) is 2.43. The zero-order valence-corrected chi connectivity index (χ0v) is 8.56. The van der Waals surface area contributed by atoms with E-state index in [1.807, 2.05) is 19.1 Å². The minimum Gasteiger partial charge on any atom is -0.481 e. The molecule has 5 nitrogen and oxygen atoms in total. The first kappa shape index (κ1) is 9.64. The predicted octanol–water partition coefficient (Wildman–Crippen LogP) is 0.973. The molecule has 78 valence electrons. The van der Waals surface area contributed by atoms with Crippen molar-refractivity contribution in [1.29, 1.82) is 0 Å². The van der Waals surface area contributed by atoms with Crippen LogP contribution in [0.15, 0.2) is 12.1 Å². The summed E-state index contributed by atoms with van der Waals surface area (Å²) in [4.78, 5) is 14.9. The number of hydrogen-bond donors (Lipinski definition) is 1. The second kappa shape index (κ2) is 3.34. The summed E-state index contributed by atoms with van der Waals surface area (Å²) in [6.45, 7) is 3.65. The van der Waals surface area contributed by atoms with E-state index in [4.69, 9.17) is 5.11 Å². The summed E-state index contributed by atoms with van der Waals surface area (Å²) in [6.07, 6.45) is -0.0521. The van der Waals surface area contributed by atoms with E-state index in [1.54, 1.807) is 11.4 Å². The van der Waals surface area contributed by atoms with E-state index >= 15 is 0 Å². The van der Waals surface area contributed by atoms with Crippen molar-refractivity contribution in [1.82, 2.24) is 14.6 Å². The summed E-state index contributed by atoms with van der Waals surface area (Å²) in [5.41, 5.74) is 2.89. The van der Waals surface area contributed by atoms with Crippen molar-refractivity contribution in [3.05, 3.63) is 29.2 Å². The molecule has 0 spiro atoms. The first-order chi connectivity index (χ1) is 7.08. The summed E-state index contributed by atoms with van der Waals surface area (Å²) in [6, 6.07) is 3.69. The Balaban J connectivity index is 2.65. The van der Waals surface area contributed by atoms with Gasteiger partial charge in [-0.3, -0.25) is 4.79 Å². The maximum atomic E-state index is 10.7. The lowest BCUT2D eigenvalue weighted by molar-refractivity contribution is -0.136. The van der Waals surface area contributed by atoms with Crippen molar-refractivity contribution in [2.24, 2.45) is 0 Å². The fourth-order valence-electron chi connectivity index (χ4n) is 1.53. The number of hydrogen-bond acceptors (Lipinski definition) is 3. The Hall–Kier alpha value is -1.91. The molecule has 0 saturated carbocycles. The standard InChI is InChI=1S/C10H11N3O2/c1-6-3-4-9-11-7(2)8(5-10(14)15)13(9)12-6/h3-4H,5H2,1-2H3,(H,14,15). The first-order valence-corrected chi connectivity index (χ1v) is 4.61. The number of carbonyl (C=O) groups is 1. The highest BCUT2D eigenvalue weighted by molar-refractivity contribution is 5.70. The Morgan fingerprint density at radius 3 is 2.87 bits per heavy atom. The van der Waals surface area contributed by atoms with Crippen molar-refractivity contribution >= 4 is 11.6 Å². The Morgan fingerprint density at radius 2 is 2.20 bits per heavy atom. The third kappa shape index (κ3) is 1.68. The van der Waals surface area contributed by atoms with Crippen LogP contribution in [0.3, 0.4) is 0 Å². The average molecular weight is 205 g/mol. The van der Waals surface area contributed by atoms with Gasteiger partial charge in [0.2, 0.25) is 0 Å². The van der Waals surface area contributed by atoms with Crippen LogP contribution in [0.4, 0.5) is 0 Å². The molecule has 0 bridgehead atoms. The molecule has 2 heterocycles. The molecule has 0 aliphatic rings. The van der Waals surface area contributed by atoms with Gasteiger partial charge in [0, 0.05) is 0 Å². The Kier molecular flexibility index (Phi) is 2.15. The highest BCUT2D eigenvalue weighted by atomic mass is 16.4. The fraction of sp³-hybridized carbons (Fsp3) is 0.300. The van der Waals surface area contributed by atoms with E-state index in [0.29, 0.717) is 11.3 Å². The molecule has 15 heavy (non-hydrogen) atoms. The predicted molar refractivity (Wildman–Crippen MR) is 53.8 cm³/mol. The molecule has 0 saturated heterocycles. The van der Waals surface area contributed by atoms with Crippen LogP contribution in [-0.4, -0.2) is 25.7 Å². The van der Waals surface area contributed by atoms with Crippen LogP contribution in [0.5, 0.6) is 0 Å². The number of carboxylic acids is 1. The van der Waals surface area contributed by atoms with Crippen molar-refractivity contribution in [3.63, 3.8) is 0 Å². The number of carboxylic acid groups (broad SMARTS) is 1. The summed E-state index contributed by atoms with van der Waals surface area (Å²) >= 11 is 0. The topological polar surface area (TPSA) is 67.5 Å². The third-order valence-electron chi connectivity index (χ3n) is 2.22. The number of nitrogens with zero attached hydrogens (tertiary/aromatic N) is 3. The van der Waals surface area contributed by atoms with Gasteiger partial charge in [0.15, 0.2) is 5.65 Å². The van der Waals surface area contributed by atoms with Crippen molar-refractivity contribution in [3.8, 4) is 0 Å². The normalized spacial score (nSPS) is 10.8. The molecule has 0 unspecified atom stereocenters. The lowest BCUT2D eigenvalue weighted by atomic mass is 10.2. The van der Waals surface area contributed by atoms with Crippen molar-refractivity contribution < 1.29 is 9.90 Å². The first-order valence-electron chi connectivity index (χ1n) is 4.61. The highest BCUT2D eigenvalue weighted by Gasteiger charge is 2.12. The highest BCUT2D eigenvalue weighted by Crippen LogP contribution is 2.11. The smallest absolute Gasteiger partial charge is 0.309 e. The van der Waals surface area contributed by atoms with Gasteiger partial charge in [0.1, 0.15) is 0 Å². The largest absolute Gasteiger partial charge is 0.481 e. The molecule has 0 fully saturated rings. The monoisotopic (exact) mass is 205 g/mol. The second-order valence-corrected chi connectivity index (χ2v) is 3.46. The molecule has 0 atom stereocenters. The Bertz CT molecular complexity index is 531. The number of aromatic nitrogens is 3. The van der Waals surface area contributed by atoms with Gasteiger partial charge in [-0.15, -0.1) is 0 Å². The zero-order chi connectivity index (χ0) is 11.0. The summed E-state index contributed by atoms with van der Waals surface area (Å²) < 4.78 is 1.60. The summed E-state index contributed by atoms with van der Waals surface area (Å²) in [5, 5.41) is 13.0. The van der Waals surface area contributed by atoms with Gasteiger partial charge in [-0.05, 0) is 26.0 Å². The van der Waals surface area contributed by atoms with Gasteiger partial charge >= 0.3 is 5.97 Å². The molecule has 0 aromatic carbocycles. The van der Waals surface area contributed by atoms with E-state index in [0.717, 1.165) is 11.4 Å². The fourth-order valence-corrected chi connectivity index (χ4v) is 1.53. The number of imidazole rings is 1. The zero-order valence-electron chi connectivity index (χ0n) is 8.56. The molecule has 2 rings (SSSR count). The van der Waals surface area contributed by atoms with Gasteiger partial charge in [-0.2, -0.15) is 5.10 Å². The SMILES string of the molecule is Cc1ccc2nc(C)c(CC(=O)O)n2n1. The van der Waals surface area contributed by atoms with Crippen molar-refractivity contribution in [2.45, 2.75) is 20.3 Å². The van der Waals surface area contributed by atoms with E-state index in [-0.39, 0.29) is 6.42 Å². The lowest BCUT2D eigenvalue weighted by Gasteiger charge is -1.99. The van der Waals surface area contributed by atoms with Gasteiger partial charge in [-0.1, -0.05) is 0 Å². The second-order valence-electron chi connectivity index (χ2n) is 3.46. The molecule has 1 N–H and O–H groups in total. The van der Waals surface area contributed by atoms with E-state index in [9.17, 15) is 4.79 Å². The van der Waals surface area contributed by atoms with Crippen LogP contribution in [0, 0.1) is 13.8 Å². The van der Waals surface area contributed by atoms with Crippen LogP contribution in [0.25, 0.3) is 5.65 Å². The molecule has 5 heteroatoms. The Labute approximate surface area is 86.4 Å². The third-order valence-corrected chi connectivity index (χ3v) is 2.22. The molecular formula is C10H11N3O2. The maximum absolute atomic E-state index is 10.7. The molecule has 0 aliphatic carbocycles. The van der Waals surface area contributed by atoms with E-state index in [1.165, 1.54) is 0 Å². The van der Waals surface area contributed by atoms with Crippen LogP contribution < -0.4 is 0 Å². The Morgan fingerprint density at radius 1 is 1.47 bits per heavy atom. The van der Waals surface area contributed by atoms with Gasteiger partial charge in [0.25, 0.3) is 0 Å². The summed E-state index contributed by atoms with van der Waals surface area (Å²) in [5.74, 6) is -0.872. The van der Waals surface area contributed by atoms with Crippen LogP contribution in [-0.2, 0) is 11.2 Å². The molecule has 2 aromatic heterocycles. The molecular weight excluding hydrogens is 194 g/mol.